The van der Waals surface area contributed by atoms with Gasteiger partial charge < -0.3 is 5.32 Å². The van der Waals surface area contributed by atoms with Crippen molar-refractivity contribution in [2.24, 2.45) is 0 Å². The summed E-state index contributed by atoms with van der Waals surface area (Å²) in [5.41, 5.74) is 3.77. The van der Waals surface area contributed by atoms with Crippen LogP contribution in [0.2, 0.25) is 0 Å². The van der Waals surface area contributed by atoms with Crippen molar-refractivity contribution in [3.05, 3.63) is 89.7 Å². The van der Waals surface area contributed by atoms with Gasteiger partial charge in [0.05, 0.1) is 23.5 Å². The summed E-state index contributed by atoms with van der Waals surface area (Å²) in [5.74, 6) is -0.0697. The Kier molecular flexibility index (Phi) is 5.41. The molecule has 1 aromatic heterocycles. The fraction of sp³-hybridized carbons (Fsp3) is 0.167. The van der Waals surface area contributed by atoms with E-state index in [2.05, 4.69) is 34.7 Å². The standard InChI is InChI=1S/C24H23N3OS/c1-16(26-24(28)20-12-6-7-14-23(20)29-3)21-15-25-27(17(21)2)22-13-8-10-18-9-4-5-11-19(18)22/h4-16H,1-3H3,(H,26,28)/t16-/m0/s1. The van der Waals surface area contributed by atoms with Crippen molar-refractivity contribution >= 4 is 28.4 Å². The molecule has 146 valence electrons. The van der Waals surface area contributed by atoms with Crippen LogP contribution in [0.3, 0.4) is 0 Å². The van der Waals surface area contributed by atoms with Crippen LogP contribution in [-0.2, 0) is 0 Å². The Balaban J connectivity index is 1.64. The molecule has 0 saturated carbocycles. The molecule has 1 atom stereocenters. The van der Waals surface area contributed by atoms with Crippen LogP contribution in [0.25, 0.3) is 16.5 Å². The SMILES string of the molecule is CSc1ccccc1C(=O)N[C@@H](C)c1cnn(-c2cccc3ccccc23)c1C. The predicted octanol–water partition coefficient (Wildman–Crippen LogP) is 5.55. The molecule has 0 unspecified atom stereocenters. The van der Waals surface area contributed by atoms with Crippen LogP contribution in [-0.4, -0.2) is 21.9 Å². The number of nitrogens with one attached hydrogen (secondary N) is 1. The Labute approximate surface area is 174 Å². The molecule has 29 heavy (non-hydrogen) atoms. The summed E-state index contributed by atoms with van der Waals surface area (Å²) in [7, 11) is 0. The molecular formula is C24H23N3OS. The van der Waals surface area contributed by atoms with Crippen molar-refractivity contribution in [2.45, 2.75) is 24.8 Å². The predicted molar refractivity (Wildman–Crippen MR) is 120 cm³/mol. The van der Waals surface area contributed by atoms with E-state index in [1.165, 1.54) is 5.39 Å². The van der Waals surface area contributed by atoms with E-state index in [1.807, 2.05) is 73.4 Å². The zero-order chi connectivity index (χ0) is 20.4. The number of carbonyl (C=O) groups is 1. The highest BCUT2D eigenvalue weighted by Crippen LogP contribution is 2.26. The summed E-state index contributed by atoms with van der Waals surface area (Å²) < 4.78 is 1.95. The summed E-state index contributed by atoms with van der Waals surface area (Å²) in [5, 5.41) is 10.1. The Morgan fingerprint density at radius 2 is 1.76 bits per heavy atom. The lowest BCUT2D eigenvalue weighted by Crippen LogP contribution is -2.27. The highest BCUT2D eigenvalue weighted by Gasteiger charge is 2.19. The van der Waals surface area contributed by atoms with E-state index in [4.69, 9.17) is 0 Å². The molecule has 0 aliphatic carbocycles. The second-order valence-corrected chi connectivity index (χ2v) is 7.84. The molecule has 0 aliphatic rings. The molecule has 4 rings (SSSR count). The fourth-order valence-corrected chi connectivity index (χ4v) is 4.26. The van der Waals surface area contributed by atoms with Crippen molar-refractivity contribution in [1.82, 2.24) is 15.1 Å². The number of fused-ring (bicyclic) bond motifs is 1. The molecule has 1 N–H and O–H groups in total. The van der Waals surface area contributed by atoms with Crippen LogP contribution in [0.15, 0.2) is 77.8 Å². The Morgan fingerprint density at radius 1 is 1.03 bits per heavy atom. The van der Waals surface area contributed by atoms with E-state index in [-0.39, 0.29) is 11.9 Å². The number of carbonyl (C=O) groups excluding carboxylic acids is 1. The summed E-state index contributed by atoms with van der Waals surface area (Å²) >= 11 is 1.57. The molecule has 0 bridgehead atoms. The number of benzene rings is 3. The zero-order valence-corrected chi connectivity index (χ0v) is 17.5. The lowest BCUT2D eigenvalue weighted by Gasteiger charge is -2.16. The fourth-order valence-electron chi connectivity index (χ4n) is 3.67. The van der Waals surface area contributed by atoms with Gasteiger partial charge >= 0.3 is 0 Å². The molecule has 0 aliphatic heterocycles. The maximum absolute atomic E-state index is 12.8. The van der Waals surface area contributed by atoms with Gasteiger partial charge in [0.25, 0.3) is 5.91 Å². The average molecular weight is 402 g/mol. The highest BCUT2D eigenvalue weighted by atomic mass is 32.2. The third kappa shape index (κ3) is 3.66. The molecule has 0 fully saturated rings. The quantitative estimate of drug-likeness (QED) is 0.446. The van der Waals surface area contributed by atoms with Gasteiger partial charge in [-0.3, -0.25) is 4.79 Å². The minimum Gasteiger partial charge on any atom is -0.345 e. The van der Waals surface area contributed by atoms with Gasteiger partial charge in [0.1, 0.15) is 0 Å². The first-order chi connectivity index (χ1) is 14.1. The molecule has 1 amide bonds. The summed E-state index contributed by atoms with van der Waals surface area (Å²) in [4.78, 5) is 13.8. The monoisotopic (exact) mass is 401 g/mol. The van der Waals surface area contributed by atoms with E-state index < -0.39 is 0 Å². The van der Waals surface area contributed by atoms with E-state index in [1.54, 1.807) is 11.8 Å². The number of nitrogens with zero attached hydrogens (tertiary/aromatic N) is 2. The number of hydrogen-bond acceptors (Lipinski definition) is 3. The Hall–Kier alpha value is -3.05. The van der Waals surface area contributed by atoms with Crippen LogP contribution in [0.4, 0.5) is 0 Å². The minimum atomic E-state index is -0.152. The molecule has 4 nitrogen and oxygen atoms in total. The van der Waals surface area contributed by atoms with Crippen molar-refractivity contribution in [3.8, 4) is 5.69 Å². The van der Waals surface area contributed by atoms with Crippen LogP contribution in [0.1, 0.15) is 34.6 Å². The number of thioether (sulfide) groups is 1. The summed E-state index contributed by atoms with van der Waals surface area (Å²) in [6.07, 6.45) is 3.83. The highest BCUT2D eigenvalue weighted by molar-refractivity contribution is 7.98. The van der Waals surface area contributed by atoms with Crippen LogP contribution in [0.5, 0.6) is 0 Å². The Morgan fingerprint density at radius 3 is 2.59 bits per heavy atom. The van der Waals surface area contributed by atoms with Gasteiger partial charge in [-0.15, -0.1) is 11.8 Å². The number of hydrogen-bond donors (Lipinski definition) is 1. The van der Waals surface area contributed by atoms with Crippen molar-refractivity contribution < 1.29 is 4.79 Å². The molecular weight excluding hydrogens is 378 g/mol. The molecule has 1 heterocycles. The minimum absolute atomic E-state index is 0.0697. The molecule has 5 heteroatoms. The van der Waals surface area contributed by atoms with Crippen LogP contribution < -0.4 is 5.32 Å². The molecule has 3 aromatic carbocycles. The average Bonchev–Trinajstić information content (AvgIpc) is 3.14. The summed E-state index contributed by atoms with van der Waals surface area (Å²) in [6.45, 7) is 4.04. The third-order valence-electron chi connectivity index (χ3n) is 5.21. The first kappa shape index (κ1) is 19.3. The van der Waals surface area contributed by atoms with Gasteiger partial charge in [0, 0.05) is 21.5 Å². The van der Waals surface area contributed by atoms with Gasteiger partial charge in [-0.25, -0.2) is 4.68 Å². The van der Waals surface area contributed by atoms with Crippen LogP contribution >= 0.6 is 11.8 Å². The van der Waals surface area contributed by atoms with E-state index in [9.17, 15) is 4.79 Å². The van der Waals surface area contributed by atoms with Crippen molar-refractivity contribution in [1.29, 1.82) is 0 Å². The van der Waals surface area contributed by atoms with Gasteiger partial charge in [0.15, 0.2) is 0 Å². The van der Waals surface area contributed by atoms with E-state index >= 15 is 0 Å². The lowest BCUT2D eigenvalue weighted by atomic mass is 10.1. The topological polar surface area (TPSA) is 46.9 Å². The number of amides is 1. The first-order valence-corrected chi connectivity index (χ1v) is 10.8. The van der Waals surface area contributed by atoms with Crippen molar-refractivity contribution in [2.75, 3.05) is 6.26 Å². The van der Waals surface area contributed by atoms with Gasteiger partial charge in [-0.1, -0.05) is 48.5 Å². The second-order valence-electron chi connectivity index (χ2n) is 6.99. The number of aromatic nitrogens is 2. The molecule has 0 saturated heterocycles. The van der Waals surface area contributed by atoms with E-state index in [0.29, 0.717) is 5.56 Å². The lowest BCUT2D eigenvalue weighted by molar-refractivity contribution is 0.0937. The summed E-state index contributed by atoms with van der Waals surface area (Å²) in [6, 6.07) is 22.0. The maximum Gasteiger partial charge on any atom is 0.252 e. The van der Waals surface area contributed by atoms with Gasteiger partial charge in [-0.05, 0) is 43.7 Å². The van der Waals surface area contributed by atoms with Gasteiger partial charge in [0.2, 0.25) is 0 Å². The normalized spacial score (nSPS) is 12.1. The largest absolute Gasteiger partial charge is 0.345 e. The maximum atomic E-state index is 12.8. The third-order valence-corrected chi connectivity index (χ3v) is 6.00. The molecule has 0 spiro atoms. The van der Waals surface area contributed by atoms with Gasteiger partial charge in [-0.2, -0.15) is 5.10 Å². The molecule has 0 radical (unpaired) electrons. The van der Waals surface area contributed by atoms with Crippen LogP contribution in [0, 0.1) is 6.92 Å². The molecule has 4 aromatic rings. The first-order valence-electron chi connectivity index (χ1n) is 9.56. The Bertz CT molecular complexity index is 1180. The second kappa shape index (κ2) is 8.13. The number of rotatable bonds is 5. The zero-order valence-electron chi connectivity index (χ0n) is 16.7. The van der Waals surface area contributed by atoms with E-state index in [0.717, 1.165) is 27.2 Å². The van der Waals surface area contributed by atoms with Crippen molar-refractivity contribution in [3.63, 3.8) is 0 Å². The smallest absolute Gasteiger partial charge is 0.252 e.